The van der Waals surface area contributed by atoms with Crippen molar-refractivity contribution < 1.29 is 14.2 Å². The maximum absolute atomic E-state index is 6.50. The molecular weight excluding hydrogens is 408 g/mol. The molecule has 3 aromatic rings. The number of rotatable bonds is 6. The number of nitrogens with zero attached hydrogens (tertiary/aromatic N) is 5. The molecule has 1 N–H and O–H groups in total. The minimum absolute atomic E-state index is 0.148. The van der Waals surface area contributed by atoms with Gasteiger partial charge < -0.3 is 24.4 Å². The molecule has 0 atom stereocenters. The van der Waals surface area contributed by atoms with Crippen molar-refractivity contribution in [2.75, 3.05) is 43.6 Å². The predicted octanol–water partition coefficient (Wildman–Crippen LogP) is 3.07. The molecule has 2 aromatic heterocycles. The molecule has 0 bridgehead atoms. The summed E-state index contributed by atoms with van der Waals surface area (Å²) in [6.07, 6.45) is 10.8. The number of anilines is 2. The molecule has 9 heteroatoms. The Hall–Kier alpha value is -3.20. The Kier molecular flexibility index (Phi) is 6.15. The zero-order valence-corrected chi connectivity index (χ0v) is 18.2. The van der Waals surface area contributed by atoms with Crippen LogP contribution in [0.4, 0.5) is 11.5 Å². The highest BCUT2D eigenvalue weighted by molar-refractivity contribution is 5.85. The van der Waals surface area contributed by atoms with Gasteiger partial charge in [0.2, 0.25) is 5.88 Å². The number of morpholine rings is 1. The molecule has 9 nitrogen and oxygen atoms in total. The third-order valence-electron chi connectivity index (χ3n) is 6.04. The molecule has 3 heterocycles. The van der Waals surface area contributed by atoms with Crippen LogP contribution in [0.2, 0.25) is 0 Å². The summed E-state index contributed by atoms with van der Waals surface area (Å²) in [6.45, 7) is 3.22. The standard InChI is InChI=1S/C23H28N6O3/c1-30-22-15-24-14-21(28-22)27-16-2-4-18(5-3-16)32-20-13-17(29-8-10-31-11-9-29)12-19-23(20)26-7-6-25-19/h6-7,12-16,18H,2-5,8-11H2,1H3,(H,27,28). The second kappa shape index (κ2) is 9.52. The molecule has 2 aliphatic rings. The van der Waals surface area contributed by atoms with Gasteiger partial charge in [-0.05, 0) is 31.7 Å². The van der Waals surface area contributed by atoms with E-state index in [9.17, 15) is 0 Å². The van der Waals surface area contributed by atoms with E-state index in [0.29, 0.717) is 11.9 Å². The number of nitrogens with one attached hydrogen (secondary N) is 1. The van der Waals surface area contributed by atoms with Crippen molar-refractivity contribution in [2.24, 2.45) is 0 Å². The maximum atomic E-state index is 6.50. The molecule has 0 amide bonds. The molecule has 2 fully saturated rings. The second-order valence-corrected chi connectivity index (χ2v) is 8.15. The van der Waals surface area contributed by atoms with Crippen LogP contribution in [0.3, 0.4) is 0 Å². The maximum Gasteiger partial charge on any atom is 0.233 e. The molecule has 5 rings (SSSR count). The molecule has 168 valence electrons. The highest BCUT2D eigenvalue weighted by Crippen LogP contribution is 2.33. The van der Waals surface area contributed by atoms with Crippen molar-refractivity contribution >= 4 is 22.5 Å². The first kappa shape index (κ1) is 20.7. The van der Waals surface area contributed by atoms with Crippen LogP contribution in [-0.2, 0) is 4.74 Å². The first-order valence-corrected chi connectivity index (χ1v) is 11.1. The number of ether oxygens (including phenoxy) is 3. The Morgan fingerprint density at radius 2 is 1.84 bits per heavy atom. The van der Waals surface area contributed by atoms with Crippen LogP contribution >= 0.6 is 0 Å². The first-order valence-electron chi connectivity index (χ1n) is 11.1. The molecule has 0 unspecified atom stereocenters. The average molecular weight is 437 g/mol. The average Bonchev–Trinajstić information content (AvgIpc) is 2.86. The van der Waals surface area contributed by atoms with Gasteiger partial charge in [0, 0.05) is 43.3 Å². The summed E-state index contributed by atoms with van der Waals surface area (Å²) < 4.78 is 17.2. The van der Waals surface area contributed by atoms with Gasteiger partial charge in [-0.2, -0.15) is 4.98 Å². The normalized spacial score (nSPS) is 21.3. The number of methoxy groups -OCH3 is 1. The molecular formula is C23H28N6O3. The van der Waals surface area contributed by atoms with Gasteiger partial charge in [-0.3, -0.25) is 9.97 Å². The molecule has 1 aromatic carbocycles. The lowest BCUT2D eigenvalue weighted by Crippen LogP contribution is -2.36. The van der Waals surface area contributed by atoms with Gasteiger partial charge in [0.1, 0.15) is 17.1 Å². The third-order valence-corrected chi connectivity index (χ3v) is 6.04. The topological polar surface area (TPSA) is 94.5 Å². The molecule has 1 aliphatic heterocycles. The summed E-state index contributed by atoms with van der Waals surface area (Å²) in [6, 6.07) is 4.54. The molecule has 1 aliphatic carbocycles. The smallest absolute Gasteiger partial charge is 0.233 e. The van der Waals surface area contributed by atoms with Crippen molar-refractivity contribution in [1.29, 1.82) is 0 Å². The van der Waals surface area contributed by atoms with Gasteiger partial charge in [0.15, 0.2) is 0 Å². The summed E-state index contributed by atoms with van der Waals surface area (Å²) in [5.41, 5.74) is 2.79. The van der Waals surface area contributed by atoms with Crippen LogP contribution in [0, 0.1) is 0 Å². The fraction of sp³-hybridized carbons (Fsp3) is 0.478. The highest BCUT2D eigenvalue weighted by Gasteiger charge is 2.24. The van der Waals surface area contributed by atoms with Gasteiger partial charge in [-0.25, -0.2) is 4.98 Å². The molecule has 0 radical (unpaired) electrons. The minimum atomic E-state index is 0.148. The SMILES string of the molecule is COc1cncc(NC2CCC(Oc3cc(N4CCOCC4)cc4nccnc34)CC2)n1. The third kappa shape index (κ3) is 4.67. The van der Waals surface area contributed by atoms with Crippen LogP contribution in [0.5, 0.6) is 11.6 Å². The van der Waals surface area contributed by atoms with E-state index >= 15 is 0 Å². The van der Waals surface area contributed by atoms with Crippen LogP contribution in [0.1, 0.15) is 25.7 Å². The van der Waals surface area contributed by atoms with E-state index in [4.69, 9.17) is 14.2 Å². The largest absolute Gasteiger partial charge is 0.488 e. The van der Waals surface area contributed by atoms with Gasteiger partial charge in [-0.15, -0.1) is 0 Å². The van der Waals surface area contributed by atoms with E-state index in [0.717, 1.165) is 80.3 Å². The molecule has 1 saturated carbocycles. The number of benzene rings is 1. The quantitative estimate of drug-likeness (QED) is 0.625. The van der Waals surface area contributed by atoms with Gasteiger partial charge in [0.25, 0.3) is 0 Å². The number of aromatic nitrogens is 4. The van der Waals surface area contributed by atoms with E-state index in [1.165, 1.54) is 0 Å². The van der Waals surface area contributed by atoms with E-state index in [2.05, 4.69) is 42.3 Å². The zero-order chi connectivity index (χ0) is 21.8. The van der Waals surface area contributed by atoms with E-state index < -0.39 is 0 Å². The van der Waals surface area contributed by atoms with Crippen LogP contribution in [-0.4, -0.2) is 65.5 Å². The molecule has 0 spiro atoms. The van der Waals surface area contributed by atoms with E-state index in [1.54, 1.807) is 31.9 Å². The van der Waals surface area contributed by atoms with Gasteiger partial charge in [-0.1, -0.05) is 0 Å². The highest BCUT2D eigenvalue weighted by atomic mass is 16.5. The van der Waals surface area contributed by atoms with Crippen LogP contribution < -0.4 is 19.7 Å². The van der Waals surface area contributed by atoms with Crippen molar-refractivity contribution in [2.45, 2.75) is 37.8 Å². The Bertz CT molecular complexity index is 1050. The lowest BCUT2D eigenvalue weighted by molar-refractivity contribution is 0.122. The zero-order valence-electron chi connectivity index (χ0n) is 18.2. The summed E-state index contributed by atoms with van der Waals surface area (Å²) >= 11 is 0. The van der Waals surface area contributed by atoms with E-state index in [-0.39, 0.29) is 6.10 Å². The fourth-order valence-electron chi connectivity index (χ4n) is 4.35. The summed E-state index contributed by atoms with van der Waals surface area (Å²) in [7, 11) is 1.60. The number of fused-ring (bicyclic) bond motifs is 1. The van der Waals surface area contributed by atoms with Crippen LogP contribution in [0.15, 0.2) is 36.9 Å². The lowest BCUT2D eigenvalue weighted by atomic mass is 9.93. The number of hydrogen-bond acceptors (Lipinski definition) is 9. The van der Waals surface area contributed by atoms with Gasteiger partial charge in [0.05, 0.1) is 44.3 Å². The summed E-state index contributed by atoms with van der Waals surface area (Å²) in [4.78, 5) is 20.0. The Balaban J connectivity index is 1.26. The van der Waals surface area contributed by atoms with Crippen LogP contribution in [0.25, 0.3) is 11.0 Å². The lowest BCUT2D eigenvalue weighted by Gasteiger charge is -2.31. The Morgan fingerprint density at radius 1 is 1.03 bits per heavy atom. The van der Waals surface area contributed by atoms with E-state index in [1.807, 2.05) is 0 Å². The predicted molar refractivity (Wildman–Crippen MR) is 121 cm³/mol. The Morgan fingerprint density at radius 3 is 2.66 bits per heavy atom. The second-order valence-electron chi connectivity index (χ2n) is 8.15. The summed E-state index contributed by atoms with van der Waals surface area (Å²) in [5.74, 6) is 2.07. The molecule has 32 heavy (non-hydrogen) atoms. The monoisotopic (exact) mass is 436 g/mol. The minimum Gasteiger partial charge on any atom is -0.488 e. The first-order chi connectivity index (χ1) is 15.8. The van der Waals surface area contributed by atoms with Crippen molar-refractivity contribution in [1.82, 2.24) is 19.9 Å². The molecule has 1 saturated heterocycles. The Labute approximate surface area is 187 Å². The van der Waals surface area contributed by atoms with Crippen molar-refractivity contribution in [3.05, 3.63) is 36.9 Å². The van der Waals surface area contributed by atoms with Crippen molar-refractivity contribution in [3.63, 3.8) is 0 Å². The fourth-order valence-corrected chi connectivity index (χ4v) is 4.35. The summed E-state index contributed by atoms with van der Waals surface area (Å²) in [5, 5.41) is 3.47. The van der Waals surface area contributed by atoms with Crippen molar-refractivity contribution in [3.8, 4) is 11.6 Å². The van der Waals surface area contributed by atoms with Gasteiger partial charge >= 0.3 is 0 Å². The number of hydrogen-bond donors (Lipinski definition) is 1.